The Hall–Kier alpha value is -1.20. The molecule has 1 heterocycles. The fraction of sp³-hybridized carbons (Fsp3) is 0.500. The number of fused-ring (bicyclic) bond motifs is 1. The number of benzene rings is 1. The van der Waals surface area contributed by atoms with Crippen LogP contribution in [0.1, 0.15) is 25.7 Å². The van der Waals surface area contributed by atoms with Gasteiger partial charge in [-0.05, 0) is 50.3 Å². The molecule has 1 aliphatic carbocycles. The molecule has 3 N–H and O–H groups in total. The molecule has 1 aromatic carbocycles. The van der Waals surface area contributed by atoms with Crippen molar-refractivity contribution in [1.82, 2.24) is 4.98 Å². The Kier molecular flexibility index (Phi) is 3.66. The van der Waals surface area contributed by atoms with Crippen LogP contribution in [0.3, 0.4) is 0 Å². The number of nitrogens with zero attached hydrogens (tertiary/aromatic N) is 1. The summed E-state index contributed by atoms with van der Waals surface area (Å²) >= 11 is 1.59. The molecule has 2 aromatic rings. The average molecular weight is 279 g/mol. The van der Waals surface area contributed by atoms with E-state index in [2.05, 4.69) is 10.3 Å². The third kappa shape index (κ3) is 2.87. The summed E-state index contributed by atoms with van der Waals surface area (Å²) < 4.78 is 14.1. The first-order valence-corrected chi connectivity index (χ1v) is 7.59. The highest BCUT2D eigenvalue weighted by Crippen LogP contribution is 2.30. The van der Waals surface area contributed by atoms with Crippen LogP contribution in [0.25, 0.3) is 10.2 Å². The maximum Gasteiger partial charge on any atom is 0.184 e. The van der Waals surface area contributed by atoms with E-state index in [-0.39, 0.29) is 5.82 Å². The Labute approximate surface area is 116 Å². The maximum atomic E-state index is 13.1. The predicted molar refractivity (Wildman–Crippen MR) is 78.0 cm³/mol. The molecule has 0 amide bonds. The molecule has 3 nitrogen and oxygen atoms in total. The van der Waals surface area contributed by atoms with E-state index in [1.807, 2.05) is 0 Å². The molecule has 0 unspecified atom stereocenters. The highest BCUT2D eigenvalue weighted by atomic mass is 32.1. The predicted octanol–water partition coefficient (Wildman–Crippen LogP) is 3.36. The lowest BCUT2D eigenvalue weighted by molar-refractivity contribution is 0.345. The van der Waals surface area contributed by atoms with E-state index >= 15 is 0 Å². The number of hydrogen-bond acceptors (Lipinski definition) is 4. The van der Waals surface area contributed by atoms with Crippen LogP contribution in [0.15, 0.2) is 18.2 Å². The molecule has 3 rings (SSSR count). The van der Waals surface area contributed by atoms with Crippen molar-refractivity contribution in [3.63, 3.8) is 0 Å². The van der Waals surface area contributed by atoms with E-state index in [9.17, 15) is 4.39 Å². The topological polar surface area (TPSA) is 50.9 Å². The molecule has 1 aliphatic rings. The molecule has 5 heteroatoms. The zero-order valence-electron chi connectivity index (χ0n) is 10.7. The minimum atomic E-state index is -0.229. The molecule has 0 spiro atoms. The Morgan fingerprint density at radius 1 is 1.32 bits per heavy atom. The molecular formula is C14H18FN3S. The Bertz CT molecular complexity index is 561. The van der Waals surface area contributed by atoms with Gasteiger partial charge in [0.2, 0.25) is 0 Å². The van der Waals surface area contributed by atoms with Crippen LogP contribution in [0.5, 0.6) is 0 Å². The van der Waals surface area contributed by atoms with E-state index in [1.165, 1.54) is 25.0 Å². The minimum absolute atomic E-state index is 0.229. The zero-order chi connectivity index (χ0) is 13.2. The summed E-state index contributed by atoms with van der Waals surface area (Å²) in [6.07, 6.45) is 4.67. The minimum Gasteiger partial charge on any atom is -0.359 e. The number of aromatic nitrogens is 1. The smallest absolute Gasteiger partial charge is 0.184 e. The number of anilines is 1. The van der Waals surface area contributed by atoms with E-state index in [1.54, 1.807) is 17.4 Å². The second-order valence-corrected chi connectivity index (χ2v) is 6.26. The summed E-state index contributed by atoms with van der Waals surface area (Å²) in [6.45, 7) is 0.799. The number of rotatable bonds is 3. The van der Waals surface area contributed by atoms with Crippen LogP contribution in [-0.2, 0) is 0 Å². The number of thiazole rings is 1. The van der Waals surface area contributed by atoms with Crippen molar-refractivity contribution >= 4 is 26.7 Å². The molecule has 1 fully saturated rings. The van der Waals surface area contributed by atoms with Gasteiger partial charge >= 0.3 is 0 Å². The quantitative estimate of drug-likeness (QED) is 0.905. The summed E-state index contributed by atoms with van der Waals surface area (Å²) in [5.74, 6) is 0.454. The molecule has 1 saturated carbocycles. The van der Waals surface area contributed by atoms with E-state index in [4.69, 9.17) is 5.73 Å². The van der Waals surface area contributed by atoms with Gasteiger partial charge in [0, 0.05) is 12.1 Å². The first-order valence-electron chi connectivity index (χ1n) is 6.77. The summed E-state index contributed by atoms with van der Waals surface area (Å²) in [6, 6.07) is 5.24. The van der Waals surface area contributed by atoms with Gasteiger partial charge in [0.25, 0.3) is 0 Å². The third-order valence-corrected chi connectivity index (χ3v) is 4.82. The van der Waals surface area contributed by atoms with Crippen LogP contribution in [-0.4, -0.2) is 17.6 Å². The first-order chi connectivity index (χ1) is 9.24. The number of nitrogens with two attached hydrogens (primary N) is 1. The second-order valence-electron chi connectivity index (χ2n) is 5.23. The third-order valence-electron chi connectivity index (χ3n) is 3.86. The normalized spacial score (nSPS) is 23.7. The average Bonchev–Trinajstić information content (AvgIpc) is 2.81. The van der Waals surface area contributed by atoms with Crippen LogP contribution < -0.4 is 11.1 Å². The van der Waals surface area contributed by atoms with E-state index in [0.717, 1.165) is 34.7 Å². The van der Waals surface area contributed by atoms with Crippen LogP contribution in [0.4, 0.5) is 9.52 Å². The highest BCUT2D eigenvalue weighted by molar-refractivity contribution is 7.22. The molecule has 0 aliphatic heterocycles. The standard InChI is InChI=1S/C14H18FN3S/c15-10-3-6-13-12(7-10)18-14(19-13)17-11-4-1-9(8-16)2-5-11/h3,6-7,9,11H,1-2,4-5,8,16H2,(H,17,18). The van der Waals surface area contributed by atoms with Crippen LogP contribution in [0.2, 0.25) is 0 Å². The largest absolute Gasteiger partial charge is 0.359 e. The van der Waals surface area contributed by atoms with Gasteiger partial charge in [-0.3, -0.25) is 0 Å². The molecule has 0 radical (unpaired) electrons. The monoisotopic (exact) mass is 279 g/mol. The van der Waals surface area contributed by atoms with Crippen molar-refractivity contribution in [2.75, 3.05) is 11.9 Å². The van der Waals surface area contributed by atoms with E-state index in [0.29, 0.717) is 12.0 Å². The summed E-state index contributed by atoms with van der Waals surface area (Å²) in [7, 11) is 0. The molecule has 19 heavy (non-hydrogen) atoms. The SMILES string of the molecule is NCC1CCC(Nc2nc3cc(F)ccc3s2)CC1. The lowest BCUT2D eigenvalue weighted by Gasteiger charge is -2.28. The van der Waals surface area contributed by atoms with Crippen molar-refractivity contribution < 1.29 is 4.39 Å². The van der Waals surface area contributed by atoms with Crippen LogP contribution >= 0.6 is 11.3 Å². The lowest BCUT2D eigenvalue weighted by Crippen LogP contribution is -2.28. The zero-order valence-corrected chi connectivity index (χ0v) is 11.5. The van der Waals surface area contributed by atoms with E-state index < -0.39 is 0 Å². The molecule has 1 aromatic heterocycles. The van der Waals surface area contributed by atoms with Gasteiger partial charge in [-0.25, -0.2) is 9.37 Å². The van der Waals surface area contributed by atoms with Gasteiger partial charge in [0.05, 0.1) is 10.2 Å². The van der Waals surface area contributed by atoms with Gasteiger partial charge in [-0.1, -0.05) is 11.3 Å². The van der Waals surface area contributed by atoms with Crippen molar-refractivity contribution in [3.8, 4) is 0 Å². The lowest BCUT2D eigenvalue weighted by atomic mass is 9.86. The summed E-state index contributed by atoms with van der Waals surface area (Å²) in [5, 5.41) is 4.38. The fourth-order valence-corrected chi connectivity index (χ4v) is 3.60. The van der Waals surface area contributed by atoms with Crippen LogP contribution in [0, 0.1) is 11.7 Å². The molecule has 0 saturated heterocycles. The number of halogens is 1. The highest BCUT2D eigenvalue weighted by Gasteiger charge is 2.20. The molecule has 0 bridgehead atoms. The van der Waals surface area contributed by atoms with Gasteiger partial charge < -0.3 is 11.1 Å². The Balaban J connectivity index is 1.68. The van der Waals surface area contributed by atoms with Crippen molar-refractivity contribution in [2.45, 2.75) is 31.7 Å². The van der Waals surface area contributed by atoms with Crippen molar-refractivity contribution in [1.29, 1.82) is 0 Å². The van der Waals surface area contributed by atoms with Gasteiger partial charge in [0.1, 0.15) is 5.82 Å². The fourth-order valence-electron chi connectivity index (χ4n) is 2.68. The summed E-state index contributed by atoms with van der Waals surface area (Å²) in [4.78, 5) is 4.45. The maximum absolute atomic E-state index is 13.1. The molecule has 0 atom stereocenters. The molecular weight excluding hydrogens is 261 g/mol. The Morgan fingerprint density at radius 3 is 2.84 bits per heavy atom. The van der Waals surface area contributed by atoms with Gasteiger partial charge in [-0.15, -0.1) is 0 Å². The Morgan fingerprint density at radius 2 is 2.11 bits per heavy atom. The van der Waals surface area contributed by atoms with Crippen molar-refractivity contribution in [3.05, 3.63) is 24.0 Å². The second kappa shape index (κ2) is 5.43. The molecule has 102 valence electrons. The van der Waals surface area contributed by atoms with Gasteiger partial charge in [0.15, 0.2) is 5.13 Å². The first kappa shape index (κ1) is 12.8. The van der Waals surface area contributed by atoms with Gasteiger partial charge in [-0.2, -0.15) is 0 Å². The summed E-state index contributed by atoms with van der Waals surface area (Å²) in [5.41, 5.74) is 6.44. The number of hydrogen-bond donors (Lipinski definition) is 2. The van der Waals surface area contributed by atoms with Crippen molar-refractivity contribution in [2.24, 2.45) is 11.7 Å². The number of nitrogens with one attached hydrogen (secondary N) is 1.